The summed E-state index contributed by atoms with van der Waals surface area (Å²) in [4.78, 5) is 3.79. The zero-order valence-corrected chi connectivity index (χ0v) is 12.2. The van der Waals surface area contributed by atoms with Gasteiger partial charge in [0.05, 0.1) is 0 Å². The third kappa shape index (κ3) is 3.88. The van der Waals surface area contributed by atoms with Gasteiger partial charge in [-0.2, -0.15) is 13.2 Å². The second kappa shape index (κ2) is 6.35. The Bertz CT molecular complexity index is 462. The molecule has 1 saturated carbocycles. The maximum absolute atomic E-state index is 12.7. The number of nitrogens with zero attached hydrogens (tertiary/aromatic N) is 1. The Morgan fingerprint density at radius 1 is 1.35 bits per heavy atom. The van der Waals surface area contributed by atoms with Crippen LogP contribution >= 0.6 is 11.8 Å². The monoisotopic (exact) mass is 304 g/mol. The van der Waals surface area contributed by atoms with Crippen LogP contribution in [0.1, 0.15) is 43.9 Å². The van der Waals surface area contributed by atoms with Gasteiger partial charge in [0.2, 0.25) is 0 Å². The fraction of sp³-hybridized carbons (Fsp3) is 0.643. The lowest BCUT2D eigenvalue weighted by atomic mass is 9.91. The van der Waals surface area contributed by atoms with Crippen LogP contribution in [-0.4, -0.2) is 10.2 Å². The zero-order chi connectivity index (χ0) is 14.8. The quantitative estimate of drug-likeness (QED) is 0.908. The maximum atomic E-state index is 12.7. The van der Waals surface area contributed by atoms with E-state index in [1.54, 1.807) is 0 Å². The van der Waals surface area contributed by atoms with Gasteiger partial charge < -0.3 is 5.73 Å². The Labute approximate surface area is 121 Å². The van der Waals surface area contributed by atoms with E-state index in [0.717, 1.165) is 25.3 Å². The molecule has 1 aliphatic carbocycles. The van der Waals surface area contributed by atoms with Gasteiger partial charge >= 0.3 is 6.18 Å². The van der Waals surface area contributed by atoms with Gasteiger partial charge in [0.25, 0.3) is 0 Å². The molecule has 1 aromatic heterocycles. The molecule has 2 N–H and O–H groups in total. The molecule has 1 heterocycles. The minimum atomic E-state index is -4.40. The van der Waals surface area contributed by atoms with Gasteiger partial charge in [-0.05, 0) is 30.4 Å². The van der Waals surface area contributed by atoms with Crippen LogP contribution in [0.15, 0.2) is 17.2 Å². The molecule has 1 fully saturated rings. The molecule has 0 bridgehead atoms. The highest BCUT2D eigenvalue weighted by Crippen LogP contribution is 2.38. The lowest BCUT2D eigenvalue weighted by Crippen LogP contribution is -2.17. The van der Waals surface area contributed by atoms with E-state index < -0.39 is 11.9 Å². The highest BCUT2D eigenvalue weighted by atomic mass is 32.2. The third-order valence-corrected chi connectivity index (χ3v) is 4.95. The van der Waals surface area contributed by atoms with E-state index >= 15 is 0 Å². The predicted octanol–water partition coefficient (Wildman–Crippen LogP) is 4.23. The molecule has 0 aromatic carbocycles. The van der Waals surface area contributed by atoms with Crippen LogP contribution in [-0.2, 0) is 12.7 Å². The highest BCUT2D eigenvalue weighted by Gasteiger charge is 2.33. The molecule has 0 saturated heterocycles. The van der Waals surface area contributed by atoms with Gasteiger partial charge in [0, 0.05) is 11.8 Å². The first-order valence-electron chi connectivity index (χ1n) is 6.84. The second-order valence-electron chi connectivity index (χ2n) is 5.37. The van der Waals surface area contributed by atoms with E-state index in [2.05, 4.69) is 11.9 Å². The number of pyridine rings is 1. The fourth-order valence-corrected chi connectivity index (χ4v) is 4.01. The number of hydrogen-bond acceptors (Lipinski definition) is 3. The van der Waals surface area contributed by atoms with E-state index in [-0.39, 0.29) is 6.54 Å². The van der Waals surface area contributed by atoms with Gasteiger partial charge in [-0.1, -0.05) is 25.8 Å². The first-order valence-corrected chi connectivity index (χ1v) is 7.72. The van der Waals surface area contributed by atoms with Crippen molar-refractivity contribution >= 4 is 11.8 Å². The molecule has 2 rings (SSSR count). The van der Waals surface area contributed by atoms with E-state index in [0.29, 0.717) is 21.8 Å². The Balaban J connectivity index is 2.20. The molecule has 6 heteroatoms. The number of halogens is 3. The summed E-state index contributed by atoms with van der Waals surface area (Å²) in [6.45, 7) is 2.41. The molecule has 1 aromatic rings. The van der Waals surface area contributed by atoms with Crippen LogP contribution in [0.4, 0.5) is 13.2 Å². The number of alkyl halides is 3. The summed E-state index contributed by atoms with van der Waals surface area (Å²) in [5, 5.41) is 0.793. The molecule has 0 radical (unpaired) electrons. The normalized spacial score (nSPS) is 23.9. The van der Waals surface area contributed by atoms with Crippen LogP contribution in [0.5, 0.6) is 0 Å². The van der Waals surface area contributed by atoms with Crippen molar-refractivity contribution in [2.24, 2.45) is 11.7 Å². The lowest BCUT2D eigenvalue weighted by molar-refractivity contribution is -0.141. The topological polar surface area (TPSA) is 38.9 Å². The Morgan fingerprint density at radius 2 is 2.10 bits per heavy atom. The van der Waals surface area contributed by atoms with Crippen molar-refractivity contribution in [3.63, 3.8) is 0 Å². The summed E-state index contributed by atoms with van der Waals surface area (Å²) in [7, 11) is 0. The summed E-state index contributed by atoms with van der Waals surface area (Å²) in [6, 6.07) is 2.46. The number of nitrogens with two attached hydrogens (primary N) is 1. The van der Waals surface area contributed by atoms with Gasteiger partial charge in [-0.15, -0.1) is 11.8 Å². The maximum Gasteiger partial charge on any atom is 0.433 e. The van der Waals surface area contributed by atoms with Crippen molar-refractivity contribution in [2.75, 3.05) is 0 Å². The number of rotatable bonds is 3. The number of thioether (sulfide) groups is 1. The molecular formula is C14H19F3N2S. The highest BCUT2D eigenvalue weighted by molar-refractivity contribution is 7.99. The fourth-order valence-electron chi connectivity index (χ4n) is 2.53. The summed E-state index contributed by atoms with van der Waals surface area (Å²) < 4.78 is 38.2. The first-order chi connectivity index (χ1) is 9.40. The zero-order valence-electron chi connectivity index (χ0n) is 11.4. The SMILES string of the molecule is CC1CCCC(Sc2nc(C(F)(F)F)ccc2CN)C1. The van der Waals surface area contributed by atoms with E-state index in [9.17, 15) is 13.2 Å². The predicted molar refractivity (Wildman–Crippen MR) is 74.4 cm³/mol. The Kier molecular flexibility index (Phi) is 4.96. The molecule has 0 amide bonds. The largest absolute Gasteiger partial charge is 0.433 e. The molecule has 112 valence electrons. The summed E-state index contributed by atoms with van der Waals surface area (Å²) >= 11 is 1.46. The molecular weight excluding hydrogens is 285 g/mol. The molecule has 0 spiro atoms. The smallest absolute Gasteiger partial charge is 0.326 e. The minimum absolute atomic E-state index is 0.218. The summed E-state index contributed by atoms with van der Waals surface area (Å²) in [5.41, 5.74) is 5.47. The molecule has 20 heavy (non-hydrogen) atoms. The standard InChI is InChI=1S/C14H19F3N2S/c1-9-3-2-4-11(7-9)20-13-10(8-18)5-6-12(19-13)14(15,16)17/h5-6,9,11H,2-4,7-8,18H2,1H3. The van der Waals surface area contributed by atoms with Gasteiger partial charge in [0.15, 0.2) is 0 Å². The van der Waals surface area contributed by atoms with Crippen molar-refractivity contribution in [1.82, 2.24) is 4.98 Å². The number of aromatic nitrogens is 1. The van der Waals surface area contributed by atoms with E-state index in [1.165, 1.54) is 24.2 Å². The number of hydrogen-bond donors (Lipinski definition) is 1. The second-order valence-corrected chi connectivity index (χ2v) is 6.66. The van der Waals surface area contributed by atoms with E-state index in [4.69, 9.17) is 5.73 Å². The van der Waals surface area contributed by atoms with Crippen molar-refractivity contribution in [1.29, 1.82) is 0 Å². The van der Waals surface area contributed by atoms with Crippen molar-refractivity contribution in [3.8, 4) is 0 Å². The van der Waals surface area contributed by atoms with Crippen LogP contribution < -0.4 is 5.73 Å². The molecule has 0 aliphatic heterocycles. The Morgan fingerprint density at radius 3 is 2.70 bits per heavy atom. The molecule has 2 unspecified atom stereocenters. The van der Waals surface area contributed by atoms with Gasteiger partial charge in [-0.3, -0.25) is 0 Å². The molecule has 1 aliphatic rings. The lowest BCUT2D eigenvalue weighted by Gasteiger charge is -2.26. The van der Waals surface area contributed by atoms with Gasteiger partial charge in [-0.25, -0.2) is 4.98 Å². The average molecular weight is 304 g/mol. The molecule has 2 atom stereocenters. The van der Waals surface area contributed by atoms with Crippen LogP contribution in [0.3, 0.4) is 0 Å². The van der Waals surface area contributed by atoms with E-state index in [1.807, 2.05) is 0 Å². The van der Waals surface area contributed by atoms with Crippen molar-refractivity contribution in [2.45, 2.75) is 55.6 Å². The third-order valence-electron chi connectivity index (χ3n) is 3.62. The van der Waals surface area contributed by atoms with Crippen molar-refractivity contribution < 1.29 is 13.2 Å². The summed E-state index contributed by atoms with van der Waals surface area (Å²) in [5.74, 6) is 0.633. The van der Waals surface area contributed by atoms with Gasteiger partial charge in [0.1, 0.15) is 10.7 Å². The first kappa shape index (κ1) is 15.6. The Hall–Kier alpha value is -0.750. The van der Waals surface area contributed by atoms with Crippen LogP contribution in [0, 0.1) is 5.92 Å². The molecule has 2 nitrogen and oxygen atoms in total. The van der Waals surface area contributed by atoms with Crippen molar-refractivity contribution in [3.05, 3.63) is 23.4 Å². The average Bonchev–Trinajstić information content (AvgIpc) is 2.37. The van der Waals surface area contributed by atoms with Crippen LogP contribution in [0.2, 0.25) is 0 Å². The van der Waals surface area contributed by atoms with Crippen LogP contribution in [0.25, 0.3) is 0 Å². The summed E-state index contributed by atoms with van der Waals surface area (Å²) in [6.07, 6.45) is 0.0123. The minimum Gasteiger partial charge on any atom is -0.326 e.